The fourth-order valence-electron chi connectivity index (χ4n) is 3.92. The minimum absolute atomic E-state index is 0.00730. The Morgan fingerprint density at radius 2 is 1.38 bits per heavy atom. The maximum atomic E-state index is 11.9. The highest BCUT2D eigenvalue weighted by Gasteiger charge is 2.10. The van der Waals surface area contributed by atoms with E-state index in [-0.39, 0.29) is 11.8 Å². The number of carbonyl (C=O) groups excluding carboxylic acids is 2. The van der Waals surface area contributed by atoms with Crippen LogP contribution in [0, 0.1) is 0 Å². The largest absolute Gasteiger partial charge is 0.356 e. The number of carbonyl (C=O) groups is 2. The lowest BCUT2D eigenvalue weighted by atomic mass is 10.1. The zero-order valence-electron chi connectivity index (χ0n) is 19.1. The van der Waals surface area contributed by atoms with Gasteiger partial charge in [0.2, 0.25) is 11.8 Å². The summed E-state index contributed by atoms with van der Waals surface area (Å²) in [6, 6.07) is 0. The summed E-state index contributed by atoms with van der Waals surface area (Å²) in [7, 11) is 0. The number of hydrogen-bond acceptors (Lipinski definition) is 3. The highest BCUT2D eigenvalue weighted by atomic mass is 16.2. The normalized spacial score (nSPS) is 19.0. The summed E-state index contributed by atoms with van der Waals surface area (Å²) in [5, 5.41) is 2.80. The average molecular weight is 408 g/mol. The van der Waals surface area contributed by atoms with Crippen LogP contribution >= 0.6 is 0 Å². The highest BCUT2D eigenvalue weighted by molar-refractivity contribution is 5.73. The zero-order chi connectivity index (χ0) is 21.2. The van der Waals surface area contributed by atoms with Gasteiger partial charge in [0, 0.05) is 33.5 Å². The van der Waals surface area contributed by atoms with Crippen molar-refractivity contribution in [1.29, 1.82) is 0 Å². The number of nitrogens with one attached hydrogen (secondary N) is 1. The Bertz CT molecular complexity index is 465. The molecule has 1 N–H and O–H groups in total. The number of allylic oxidation sites excluding steroid dienone is 2. The molecular weight excluding hydrogens is 362 g/mol. The molecule has 2 amide bonds. The first kappa shape index (κ1) is 25.7. The molecule has 0 fully saturated rings. The average Bonchev–Trinajstić information content (AvgIpc) is 2.69. The van der Waals surface area contributed by atoms with Gasteiger partial charge in [-0.3, -0.25) is 9.59 Å². The minimum atomic E-state index is -0.00730. The Morgan fingerprint density at radius 3 is 2.03 bits per heavy atom. The van der Waals surface area contributed by atoms with Crippen LogP contribution in [0.15, 0.2) is 12.2 Å². The van der Waals surface area contributed by atoms with Gasteiger partial charge in [0.05, 0.1) is 0 Å². The molecule has 5 nitrogen and oxygen atoms in total. The molecule has 29 heavy (non-hydrogen) atoms. The van der Waals surface area contributed by atoms with E-state index < -0.39 is 0 Å². The number of nitrogens with zero attached hydrogens (tertiary/aromatic N) is 2. The summed E-state index contributed by atoms with van der Waals surface area (Å²) in [4.78, 5) is 27.4. The molecule has 0 atom stereocenters. The molecule has 1 aliphatic rings. The van der Waals surface area contributed by atoms with E-state index in [1.54, 1.807) is 6.92 Å². The summed E-state index contributed by atoms with van der Waals surface area (Å²) < 4.78 is 0. The van der Waals surface area contributed by atoms with Crippen molar-refractivity contribution in [2.45, 2.75) is 90.9 Å². The van der Waals surface area contributed by atoms with Crippen LogP contribution in [0.25, 0.3) is 0 Å². The second-order valence-electron chi connectivity index (χ2n) is 8.41. The Labute approximate surface area is 179 Å². The molecule has 1 rings (SSSR count). The summed E-state index contributed by atoms with van der Waals surface area (Å²) in [5.41, 5.74) is 0. The lowest BCUT2D eigenvalue weighted by Crippen LogP contribution is -2.35. The van der Waals surface area contributed by atoms with Crippen molar-refractivity contribution in [2.75, 3.05) is 39.3 Å². The molecule has 1 aliphatic heterocycles. The minimum Gasteiger partial charge on any atom is -0.356 e. The summed E-state index contributed by atoms with van der Waals surface area (Å²) in [6.45, 7) is 8.80. The first-order valence-corrected chi connectivity index (χ1v) is 12.0. The SMILES string of the molecule is CC(=O)NCCCN(CCCN1CCCC/C=C\CCCCCCCC1)C(C)=O. The molecule has 0 saturated heterocycles. The van der Waals surface area contributed by atoms with E-state index in [2.05, 4.69) is 22.4 Å². The van der Waals surface area contributed by atoms with Crippen LogP contribution in [0.3, 0.4) is 0 Å². The van der Waals surface area contributed by atoms with Crippen molar-refractivity contribution in [2.24, 2.45) is 0 Å². The van der Waals surface area contributed by atoms with E-state index in [0.717, 1.165) is 32.5 Å². The van der Waals surface area contributed by atoms with E-state index in [9.17, 15) is 9.59 Å². The monoisotopic (exact) mass is 407 g/mol. The van der Waals surface area contributed by atoms with Crippen LogP contribution in [0.1, 0.15) is 90.9 Å². The maximum Gasteiger partial charge on any atom is 0.219 e. The van der Waals surface area contributed by atoms with Gasteiger partial charge < -0.3 is 15.1 Å². The van der Waals surface area contributed by atoms with Gasteiger partial charge in [-0.05, 0) is 71.0 Å². The third kappa shape index (κ3) is 15.2. The predicted octanol–water partition coefficient (Wildman–Crippen LogP) is 4.52. The van der Waals surface area contributed by atoms with Crippen molar-refractivity contribution in [3.8, 4) is 0 Å². The third-order valence-electron chi connectivity index (χ3n) is 5.68. The molecule has 0 unspecified atom stereocenters. The molecular formula is C24H45N3O2. The Balaban J connectivity index is 2.34. The van der Waals surface area contributed by atoms with E-state index in [1.807, 2.05) is 4.90 Å². The van der Waals surface area contributed by atoms with Crippen LogP contribution in [0.5, 0.6) is 0 Å². The van der Waals surface area contributed by atoms with Crippen molar-refractivity contribution in [1.82, 2.24) is 15.1 Å². The van der Waals surface area contributed by atoms with Gasteiger partial charge in [0.15, 0.2) is 0 Å². The van der Waals surface area contributed by atoms with Crippen molar-refractivity contribution in [3.05, 3.63) is 12.2 Å². The van der Waals surface area contributed by atoms with Crippen molar-refractivity contribution >= 4 is 11.8 Å². The molecule has 0 radical (unpaired) electrons. The summed E-state index contributed by atoms with van der Waals surface area (Å²) >= 11 is 0. The molecule has 0 saturated carbocycles. The van der Waals surface area contributed by atoms with Gasteiger partial charge in [0.1, 0.15) is 0 Å². The molecule has 0 aliphatic carbocycles. The molecule has 168 valence electrons. The molecule has 5 heteroatoms. The van der Waals surface area contributed by atoms with E-state index in [1.165, 1.54) is 84.2 Å². The molecule has 0 aromatic carbocycles. The Kier molecular flexibility index (Phi) is 15.5. The van der Waals surface area contributed by atoms with E-state index in [4.69, 9.17) is 0 Å². The number of hydrogen-bond donors (Lipinski definition) is 1. The van der Waals surface area contributed by atoms with Gasteiger partial charge in [-0.25, -0.2) is 0 Å². The predicted molar refractivity (Wildman–Crippen MR) is 122 cm³/mol. The standard InChI is InChI=1S/C24H45N3O2/c1-23(28)25-17-15-21-27(24(2)29)22-16-20-26-18-13-11-9-7-5-3-4-6-8-10-12-14-19-26/h5,7H,3-4,6,8-22H2,1-2H3,(H,25,28)/b7-5-. The quantitative estimate of drug-likeness (QED) is 0.475. The molecule has 0 aromatic rings. The molecule has 0 aromatic heterocycles. The van der Waals surface area contributed by atoms with Crippen LogP contribution in [0.4, 0.5) is 0 Å². The van der Waals surface area contributed by atoms with Crippen LogP contribution < -0.4 is 5.32 Å². The second-order valence-corrected chi connectivity index (χ2v) is 8.41. The van der Waals surface area contributed by atoms with Gasteiger partial charge in [0.25, 0.3) is 0 Å². The van der Waals surface area contributed by atoms with Crippen molar-refractivity contribution in [3.63, 3.8) is 0 Å². The lowest BCUT2D eigenvalue weighted by molar-refractivity contribution is -0.129. The summed E-state index contributed by atoms with van der Waals surface area (Å²) in [6.07, 6.45) is 19.7. The molecule has 0 bridgehead atoms. The number of amides is 2. The summed E-state index contributed by atoms with van der Waals surface area (Å²) in [5.74, 6) is 0.129. The zero-order valence-corrected chi connectivity index (χ0v) is 19.1. The Hall–Kier alpha value is -1.36. The highest BCUT2D eigenvalue weighted by Crippen LogP contribution is 2.11. The molecule has 1 heterocycles. The van der Waals surface area contributed by atoms with E-state index in [0.29, 0.717) is 6.54 Å². The smallest absolute Gasteiger partial charge is 0.219 e. The van der Waals surface area contributed by atoms with Gasteiger partial charge in [-0.15, -0.1) is 0 Å². The van der Waals surface area contributed by atoms with Crippen LogP contribution in [-0.4, -0.2) is 60.9 Å². The lowest BCUT2D eigenvalue weighted by Gasteiger charge is -2.25. The van der Waals surface area contributed by atoms with E-state index >= 15 is 0 Å². The Morgan fingerprint density at radius 1 is 0.828 bits per heavy atom. The van der Waals surface area contributed by atoms with Gasteiger partial charge >= 0.3 is 0 Å². The fraction of sp³-hybridized carbons (Fsp3) is 0.833. The van der Waals surface area contributed by atoms with Crippen molar-refractivity contribution < 1.29 is 9.59 Å². The van der Waals surface area contributed by atoms with Gasteiger partial charge in [-0.2, -0.15) is 0 Å². The molecule has 0 spiro atoms. The maximum absolute atomic E-state index is 11.9. The first-order chi connectivity index (χ1) is 14.1. The third-order valence-corrected chi connectivity index (χ3v) is 5.68. The number of rotatable bonds is 8. The van der Waals surface area contributed by atoms with Crippen LogP contribution in [0.2, 0.25) is 0 Å². The van der Waals surface area contributed by atoms with Gasteiger partial charge in [-0.1, -0.05) is 37.8 Å². The first-order valence-electron chi connectivity index (χ1n) is 12.0. The topological polar surface area (TPSA) is 52.7 Å². The van der Waals surface area contributed by atoms with Crippen LogP contribution in [-0.2, 0) is 9.59 Å². The fourth-order valence-corrected chi connectivity index (χ4v) is 3.92. The second kappa shape index (κ2) is 17.5.